The third kappa shape index (κ3) is 2.90. The first kappa shape index (κ1) is 18.1. The van der Waals surface area contributed by atoms with E-state index in [2.05, 4.69) is 10.2 Å². The maximum Gasteiger partial charge on any atom is 0.273 e. The number of amides is 1. The van der Waals surface area contributed by atoms with Crippen LogP contribution >= 0.6 is 0 Å². The number of carbonyl (C=O) groups excluding carboxylic acids is 1. The highest BCUT2D eigenvalue weighted by atomic mass is 16.3. The maximum atomic E-state index is 13.0. The maximum absolute atomic E-state index is 13.0. The van der Waals surface area contributed by atoms with Crippen LogP contribution in [-0.2, 0) is 0 Å². The normalized spacial score (nSPS) is 15.9. The van der Waals surface area contributed by atoms with Gasteiger partial charge in [0.15, 0.2) is 0 Å². The summed E-state index contributed by atoms with van der Waals surface area (Å²) in [7, 11) is 0. The monoisotopic (exact) mass is 379 g/mol. The van der Waals surface area contributed by atoms with Crippen LogP contribution in [0.15, 0.2) is 42.5 Å². The molecule has 0 spiro atoms. The average Bonchev–Trinajstić information content (AvgIpc) is 3.21. The first-order valence-electron chi connectivity index (χ1n) is 9.10. The number of aryl methyl sites for hydroxylation is 1. The first-order valence-corrected chi connectivity index (χ1v) is 9.10. The van der Waals surface area contributed by atoms with Gasteiger partial charge in [0.05, 0.1) is 6.04 Å². The van der Waals surface area contributed by atoms with Gasteiger partial charge in [-0.15, -0.1) is 0 Å². The van der Waals surface area contributed by atoms with Gasteiger partial charge in [0.2, 0.25) is 0 Å². The van der Waals surface area contributed by atoms with Crippen molar-refractivity contribution in [2.75, 3.05) is 13.2 Å². The molecule has 144 valence electrons. The molecule has 1 atom stereocenters. The molecule has 1 unspecified atom stereocenters. The van der Waals surface area contributed by atoms with E-state index in [1.54, 1.807) is 35.2 Å². The standard InChI is InChI=1S/C21H21N3O4/c1-12-6-7-16(27)15(10-12)18-17-19(23-22-18)21(28)24(8-3-9-25)20(17)13-4-2-5-14(26)11-13/h2,4-7,10-11,20,25-27H,3,8-9H2,1H3,(H,22,23). The molecule has 0 radical (unpaired) electrons. The zero-order valence-electron chi connectivity index (χ0n) is 15.4. The summed E-state index contributed by atoms with van der Waals surface area (Å²) in [4.78, 5) is 14.7. The summed E-state index contributed by atoms with van der Waals surface area (Å²) in [5.41, 5.74) is 3.76. The Bertz CT molecular complexity index is 1040. The summed E-state index contributed by atoms with van der Waals surface area (Å²) < 4.78 is 0. The summed E-state index contributed by atoms with van der Waals surface area (Å²) >= 11 is 0. The van der Waals surface area contributed by atoms with Crippen molar-refractivity contribution < 1.29 is 20.1 Å². The second-order valence-corrected chi connectivity index (χ2v) is 6.95. The molecule has 0 fully saturated rings. The lowest BCUT2D eigenvalue weighted by Crippen LogP contribution is -2.31. The van der Waals surface area contributed by atoms with Crippen LogP contribution in [0.5, 0.6) is 11.5 Å². The Morgan fingerprint density at radius 2 is 2.00 bits per heavy atom. The number of rotatable bonds is 5. The molecule has 4 rings (SSSR count). The van der Waals surface area contributed by atoms with Gasteiger partial charge >= 0.3 is 0 Å². The molecule has 2 aromatic carbocycles. The second kappa shape index (κ2) is 7.01. The highest BCUT2D eigenvalue weighted by molar-refractivity contribution is 6.00. The molecule has 1 aliphatic heterocycles. The number of aliphatic hydroxyl groups excluding tert-OH is 1. The summed E-state index contributed by atoms with van der Waals surface area (Å²) in [6.45, 7) is 2.24. The third-order valence-corrected chi connectivity index (χ3v) is 5.01. The van der Waals surface area contributed by atoms with Gasteiger partial charge in [-0.25, -0.2) is 0 Å². The molecule has 0 aliphatic carbocycles. The molecule has 1 aromatic heterocycles. The Labute approximate surface area is 161 Å². The Morgan fingerprint density at radius 3 is 2.75 bits per heavy atom. The van der Waals surface area contributed by atoms with Crippen LogP contribution in [0, 0.1) is 6.92 Å². The van der Waals surface area contributed by atoms with Crippen LogP contribution in [0.3, 0.4) is 0 Å². The Morgan fingerprint density at radius 1 is 1.18 bits per heavy atom. The minimum Gasteiger partial charge on any atom is -0.508 e. The number of aromatic nitrogens is 2. The summed E-state index contributed by atoms with van der Waals surface area (Å²) in [5, 5.41) is 36.8. The second-order valence-electron chi connectivity index (χ2n) is 6.95. The van der Waals surface area contributed by atoms with Crippen LogP contribution in [0.2, 0.25) is 0 Å². The number of hydrogen-bond acceptors (Lipinski definition) is 5. The number of H-pyrrole nitrogens is 1. The Hall–Kier alpha value is -3.32. The van der Waals surface area contributed by atoms with E-state index in [0.717, 1.165) is 11.1 Å². The number of aromatic amines is 1. The van der Waals surface area contributed by atoms with E-state index in [1.165, 1.54) is 0 Å². The van der Waals surface area contributed by atoms with E-state index in [0.29, 0.717) is 35.5 Å². The number of aromatic hydroxyl groups is 2. The predicted octanol–water partition coefficient (Wildman–Crippen LogP) is 2.72. The molecule has 3 aromatic rings. The molecule has 0 bridgehead atoms. The molecule has 2 heterocycles. The van der Waals surface area contributed by atoms with Crippen LogP contribution in [0.4, 0.5) is 0 Å². The summed E-state index contributed by atoms with van der Waals surface area (Å²) in [6, 6.07) is 11.5. The topological polar surface area (TPSA) is 110 Å². The predicted molar refractivity (Wildman–Crippen MR) is 103 cm³/mol. The number of benzene rings is 2. The number of hydrogen-bond donors (Lipinski definition) is 4. The van der Waals surface area contributed by atoms with Gasteiger partial charge < -0.3 is 20.2 Å². The largest absolute Gasteiger partial charge is 0.508 e. The third-order valence-electron chi connectivity index (χ3n) is 5.01. The van der Waals surface area contributed by atoms with Crippen molar-refractivity contribution in [2.45, 2.75) is 19.4 Å². The van der Waals surface area contributed by atoms with Crippen molar-refractivity contribution in [1.29, 1.82) is 0 Å². The molecule has 1 amide bonds. The number of nitrogens with one attached hydrogen (secondary N) is 1. The van der Waals surface area contributed by atoms with Crippen molar-refractivity contribution in [3.8, 4) is 22.8 Å². The van der Waals surface area contributed by atoms with Gasteiger partial charge in [-0.05, 0) is 43.2 Å². The summed E-state index contributed by atoms with van der Waals surface area (Å²) in [5.74, 6) is -0.0394. The first-order chi connectivity index (χ1) is 13.5. The Kier molecular flexibility index (Phi) is 4.52. The molecule has 1 aliphatic rings. The molecule has 4 N–H and O–H groups in total. The van der Waals surface area contributed by atoms with Gasteiger partial charge in [-0.2, -0.15) is 5.10 Å². The minimum absolute atomic E-state index is 0.0335. The molecular formula is C21H21N3O4. The van der Waals surface area contributed by atoms with Crippen molar-refractivity contribution in [3.05, 3.63) is 64.8 Å². The highest BCUT2D eigenvalue weighted by Crippen LogP contribution is 2.45. The van der Waals surface area contributed by atoms with Crippen LogP contribution in [0.1, 0.15) is 39.6 Å². The SMILES string of the molecule is Cc1ccc(O)c(-c2n[nH]c3c2C(c2cccc(O)c2)N(CCCO)C3=O)c1. The lowest BCUT2D eigenvalue weighted by Gasteiger charge is -2.26. The van der Waals surface area contributed by atoms with Gasteiger partial charge in [0.1, 0.15) is 22.9 Å². The van der Waals surface area contributed by atoms with E-state index in [4.69, 9.17) is 0 Å². The van der Waals surface area contributed by atoms with E-state index < -0.39 is 6.04 Å². The molecule has 0 saturated carbocycles. The fourth-order valence-electron chi connectivity index (χ4n) is 3.75. The summed E-state index contributed by atoms with van der Waals surface area (Å²) in [6.07, 6.45) is 0.434. The smallest absolute Gasteiger partial charge is 0.273 e. The zero-order chi connectivity index (χ0) is 19.8. The van der Waals surface area contributed by atoms with E-state index in [1.807, 2.05) is 19.1 Å². The number of carbonyl (C=O) groups is 1. The van der Waals surface area contributed by atoms with Gasteiger partial charge in [0.25, 0.3) is 5.91 Å². The van der Waals surface area contributed by atoms with E-state index in [-0.39, 0.29) is 24.0 Å². The molecule has 7 nitrogen and oxygen atoms in total. The molecule has 28 heavy (non-hydrogen) atoms. The van der Waals surface area contributed by atoms with Crippen molar-refractivity contribution in [3.63, 3.8) is 0 Å². The number of phenolic OH excluding ortho intramolecular Hbond substituents is 2. The molecule has 7 heteroatoms. The lowest BCUT2D eigenvalue weighted by molar-refractivity contribution is 0.0732. The fourth-order valence-corrected chi connectivity index (χ4v) is 3.75. The number of aliphatic hydroxyl groups is 1. The number of phenols is 2. The minimum atomic E-state index is -0.477. The quantitative estimate of drug-likeness (QED) is 0.545. The van der Waals surface area contributed by atoms with Gasteiger partial charge in [-0.3, -0.25) is 9.89 Å². The highest BCUT2D eigenvalue weighted by Gasteiger charge is 2.42. The lowest BCUT2D eigenvalue weighted by atomic mass is 9.95. The van der Waals surface area contributed by atoms with Crippen molar-refractivity contribution in [1.82, 2.24) is 15.1 Å². The van der Waals surface area contributed by atoms with Crippen LogP contribution < -0.4 is 0 Å². The zero-order valence-corrected chi connectivity index (χ0v) is 15.4. The van der Waals surface area contributed by atoms with Crippen LogP contribution in [0.25, 0.3) is 11.3 Å². The van der Waals surface area contributed by atoms with Crippen molar-refractivity contribution in [2.24, 2.45) is 0 Å². The Balaban J connectivity index is 1.91. The van der Waals surface area contributed by atoms with Gasteiger partial charge in [0, 0.05) is 24.3 Å². The number of nitrogens with zero attached hydrogens (tertiary/aromatic N) is 2. The van der Waals surface area contributed by atoms with E-state index >= 15 is 0 Å². The van der Waals surface area contributed by atoms with Gasteiger partial charge in [-0.1, -0.05) is 23.8 Å². The van der Waals surface area contributed by atoms with E-state index in [9.17, 15) is 20.1 Å². The molecule has 0 saturated heterocycles. The average molecular weight is 379 g/mol. The molecular weight excluding hydrogens is 358 g/mol. The number of fused-ring (bicyclic) bond motifs is 1. The fraction of sp³-hybridized carbons (Fsp3) is 0.238. The van der Waals surface area contributed by atoms with Crippen molar-refractivity contribution >= 4 is 5.91 Å². The van der Waals surface area contributed by atoms with Crippen LogP contribution in [-0.4, -0.2) is 49.5 Å².